The van der Waals surface area contributed by atoms with Crippen molar-refractivity contribution in [3.05, 3.63) is 71.7 Å². The number of carbonyl (C=O) groups is 1. The van der Waals surface area contributed by atoms with Crippen molar-refractivity contribution in [1.82, 2.24) is 9.88 Å². The molecule has 1 aromatic heterocycles. The minimum absolute atomic E-state index is 0.0441. The van der Waals surface area contributed by atoms with Crippen molar-refractivity contribution in [3.63, 3.8) is 0 Å². The number of aromatic nitrogens is 1. The molecule has 0 saturated carbocycles. The number of fused-ring (bicyclic) bond motifs is 1. The molecule has 2 heterocycles. The van der Waals surface area contributed by atoms with Crippen LogP contribution in [0.2, 0.25) is 0 Å². The summed E-state index contributed by atoms with van der Waals surface area (Å²) in [6, 6.07) is 8.70. The van der Waals surface area contributed by atoms with Gasteiger partial charge in [0.05, 0.1) is 17.7 Å². The third kappa shape index (κ3) is 6.26. The third-order valence-electron chi connectivity index (χ3n) is 5.23. The number of halogens is 3. The Balaban J connectivity index is 1.95. The van der Waals surface area contributed by atoms with E-state index in [1.165, 1.54) is 25.2 Å². The van der Waals surface area contributed by atoms with Gasteiger partial charge in [0.15, 0.2) is 0 Å². The first-order valence-corrected chi connectivity index (χ1v) is 10.4. The van der Waals surface area contributed by atoms with E-state index in [1.54, 1.807) is 28.8 Å². The van der Waals surface area contributed by atoms with E-state index in [-0.39, 0.29) is 24.3 Å². The van der Waals surface area contributed by atoms with Gasteiger partial charge in [-0.25, -0.2) is 0 Å². The van der Waals surface area contributed by atoms with E-state index in [1.807, 2.05) is 0 Å². The van der Waals surface area contributed by atoms with Crippen molar-refractivity contribution >= 4 is 16.8 Å². The summed E-state index contributed by atoms with van der Waals surface area (Å²) in [6.45, 7) is 6.21. The molecule has 3 rings (SSSR count). The van der Waals surface area contributed by atoms with E-state index in [4.69, 9.17) is 4.74 Å². The highest BCUT2D eigenvalue weighted by molar-refractivity contribution is 5.99. The van der Waals surface area contributed by atoms with Crippen LogP contribution in [0.15, 0.2) is 60.4 Å². The molecule has 2 aromatic rings. The Morgan fingerprint density at radius 3 is 2.82 bits per heavy atom. The van der Waals surface area contributed by atoms with Gasteiger partial charge in [-0.2, -0.15) is 5.26 Å². The zero-order chi connectivity index (χ0) is 24.0. The second kappa shape index (κ2) is 10.4. The summed E-state index contributed by atoms with van der Waals surface area (Å²) in [4.78, 5) is 13.0. The molecule has 9 heteroatoms. The first-order chi connectivity index (χ1) is 15.7. The summed E-state index contributed by atoms with van der Waals surface area (Å²) in [5.74, 6) is -0.730. The molecular weight excluding hydrogens is 435 g/mol. The average molecular weight is 459 g/mol. The molecule has 1 unspecified atom stereocenters. The molecule has 1 fully saturated rings. The third-order valence-corrected chi connectivity index (χ3v) is 5.23. The van der Waals surface area contributed by atoms with Gasteiger partial charge in [-0.3, -0.25) is 4.79 Å². The van der Waals surface area contributed by atoms with Crippen molar-refractivity contribution in [1.29, 1.82) is 5.26 Å². The molecule has 1 aliphatic rings. The van der Waals surface area contributed by atoms with Crippen molar-refractivity contribution in [2.45, 2.75) is 38.8 Å². The fourth-order valence-electron chi connectivity index (χ4n) is 3.64. The van der Waals surface area contributed by atoms with Gasteiger partial charge in [-0.05, 0) is 61.8 Å². The van der Waals surface area contributed by atoms with Crippen molar-refractivity contribution in [3.8, 4) is 6.07 Å². The normalized spacial score (nSPS) is 17.1. The highest BCUT2D eigenvalue weighted by Crippen LogP contribution is 2.25. The molecule has 6 nitrogen and oxygen atoms in total. The van der Waals surface area contributed by atoms with Gasteiger partial charge in [0.25, 0.3) is 5.91 Å². The maximum absolute atomic E-state index is 13.0. The first kappa shape index (κ1) is 24.1. The van der Waals surface area contributed by atoms with E-state index >= 15 is 0 Å². The molecular formula is C24H24F3N3O3. The van der Waals surface area contributed by atoms with Gasteiger partial charge < -0.3 is 19.4 Å². The molecule has 1 saturated heterocycles. The van der Waals surface area contributed by atoms with Gasteiger partial charge in [-0.1, -0.05) is 12.7 Å². The Kier molecular flexibility index (Phi) is 7.61. The highest BCUT2D eigenvalue weighted by atomic mass is 19.4. The van der Waals surface area contributed by atoms with Crippen LogP contribution in [0.25, 0.3) is 10.9 Å². The summed E-state index contributed by atoms with van der Waals surface area (Å²) in [7, 11) is 0. The Morgan fingerprint density at radius 1 is 1.42 bits per heavy atom. The number of hydrogen-bond donors (Lipinski definition) is 1. The fraction of sp³-hybridized carbons (Fsp3) is 0.333. The quantitative estimate of drug-likeness (QED) is 0.447. The van der Waals surface area contributed by atoms with Gasteiger partial charge in [-0.15, -0.1) is 13.2 Å². The Labute approximate surface area is 189 Å². The minimum Gasteiger partial charge on any atom is -0.406 e. The van der Waals surface area contributed by atoms with Crippen molar-refractivity contribution in [2.75, 3.05) is 13.2 Å². The van der Waals surface area contributed by atoms with Crippen LogP contribution in [0.1, 0.15) is 35.8 Å². The Hall–Kier alpha value is -3.51. The number of carbonyl (C=O) groups excluding carboxylic acids is 1. The van der Waals surface area contributed by atoms with Crippen molar-refractivity contribution in [2.24, 2.45) is 0 Å². The summed E-state index contributed by atoms with van der Waals surface area (Å²) in [5.41, 5.74) is 1.80. The number of amides is 1. The molecule has 1 amide bonds. The number of alkyl halides is 3. The van der Waals surface area contributed by atoms with Gasteiger partial charge in [0.2, 0.25) is 0 Å². The molecule has 0 radical (unpaired) electrons. The van der Waals surface area contributed by atoms with Crippen LogP contribution in [0.3, 0.4) is 0 Å². The molecule has 174 valence electrons. The molecule has 0 aliphatic carbocycles. The number of hydrogen-bond acceptors (Lipinski definition) is 4. The number of benzene rings is 1. The number of allylic oxidation sites excluding steroid dienone is 4. The molecule has 0 spiro atoms. The Morgan fingerprint density at radius 2 is 2.21 bits per heavy atom. The summed E-state index contributed by atoms with van der Waals surface area (Å²) in [5, 5.41) is 12.7. The number of rotatable bonds is 8. The van der Waals surface area contributed by atoms with Gasteiger partial charge in [0, 0.05) is 30.6 Å². The topological polar surface area (TPSA) is 76.3 Å². The number of nitriles is 1. The summed E-state index contributed by atoms with van der Waals surface area (Å²) >= 11 is 0. The van der Waals surface area contributed by atoms with Crippen LogP contribution in [-0.2, 0) is 16.0 Å². The molecule has 33 heavy (non-hydrogen) atoms. The standard InChI is InChI=1S/C24H24F3N3O3/c1-3-16(11-19(4-2)33-24(25,26)27)15-30-21-8-7-17(13-28)10-18(21)12-22(30)23(31)29-14-20-6-5-9-32-20/h3-4,7-8,10-12,20H,1,5-6,9,14-15H2,2H3,(H,29,31)/b16-11+,19-4+. The van der Waals surface area contributed by atoms with E-state index < -0.39 is 6.36 Å². The SMILES string of the molecule is C=C/C(=C\C(=C/C)OC(F)(F)F)Cn1c(C(=O)NCC2CCCO2)cc2cc(C#N)ccc21. The molecule has 0 bridgehead atoms. The first-order valence-electron chi connectivity index (χ1n) is 10.4. The largest absolute Gasteiger partial charge is 0.573 e. The monoisotopic (exact) mass is 459 g/mol. The van der Waals surface area contributed by atoms with Crippen LogP contribution >= 0.6 is 0 Å². The summed E-state index contributed by atoms with van der Waals surface area (Å²) < 4.78 is 49.3. The van der Waals surface area contributed by atoms with Gasteiger partial charge in [0.1, 0.15) is 11.5 Å². The van der Waals surface area contributed by atoms with Crippen LogP contribution in [0, 0.1) is 11.3 Å². The number of nitrogens with one attached hydrogen (secondary N) is 1. The zero-order valence-corrected chi connectivity index (χ0v) is 18.1. The second-order valence-electron chi connectivity index (χ2n) is 7.51. The smallest absolute Gasteiger partial charge is 0.406 e. The van der Waals surface area contributed by atoms with E-state index in [2.05, 4.69) is 22.7 Å². The van der Waals surface area contributed by atoms with Crippen LogP contribution in [0.4, 0.5) is 13.2 Å². The lowest BCUT2D eigenvalue weighted by molar-refractivity contribution is -0.303. The van der Waals surface area contributed by atoms with Crippen LogP contribution in [-0.4, -0.2) is 36.1 Å². The van der Waals surface area contributed by atoms with E-state index in [0.29, 0.717) is 40.9 Å². The maximum Gasteiger partial charge on any atom is 0.573 e. The second-order valence-corrected chi connectivity index (χ2v) is 7.51. The predicted molar refractivity (Wildman–Crippen MR) is 117 cm³/mol. The van der Waals surface area contributed by atoms with Gasteiger partial charge >= 0.3 is 6.36 Å². The predicted octanol–water partition coefficient (Wildman–Crippen LogP) is 4.97. The van der Waals surface area contributed by atoms with Crippen molar-refractivity contribution < 1.29 is 27.4 Å². The average Bonchev–Trinajstić information content (AvgIpc) is 3.43. The van der Waals surface area contributed by atoms with E-state index in [9.17, 15) is 23.2 Å². The lowest BCUT2D eigenvalue weighted by atomic mass is 10.1. The molecule has 1 N–H and O–H groups in total. The van der Waals surface area contributed by atoms with E-state index in [0.717, 1.165) is 12.8 Å². The molecule has 1 aliphatic heterocycles. The fourth-order valence-corrected chi connectivity index (χ4v) is 3.64. The zero-order valence-electron chi connectivity index (χ0n) is 18.1. The molecule has 1 aromatic carbocycles. The highest BCUT2D eigenvalue weighted by Gasteiger charge is 2.31. The lowest BCUT2D eigenvalue weighted by Gasteiger charge is -2.15. The molecule has 1 atom stereocenters. The lowest BCUT2D eigenvalue weighted by Crippen LogP contribution is -2.33. The van der Waals surface area contributed by atoms with Crippen LogP contribution < -0.4 is 5.32 Å². The summed E-state index contributed by atoms with van der Waals surface area (Å²) in [6.07, 6.45) is 0.765. The maximum atomic E-state index is 13.0. The minimum atomic E-state index is -4.83. The van der Waals surface area contributed by atoms with Crippen LogP contribution in [0.5, 0.6) is 0 Å². The Bertz CT molecular complexity index is 1130. The number of ether oxygens (including phenoxy) is 2. The number of nitrogens with zero attached hydrogens (tertiary/aromatic N) is 2.